The number of anilines is 1. The largest absolute Gasteiger partial charge is 0.384 e. The number of amidine groups is 1. The summed E-state index contributed by atoms with van der Waals surface area (Å²) in [4.78, 5) is 14.3. The van der Waals surface area contributed by atoms with E-state index in [-0.39, 0.29) is 11.7 Å². The molecule has 2 aromatic rings. The normalized spacial score (nSPS) is 15.2. The van der Waals surface area contributed by atoms with Crippen LogP contribution in [0.5, 0.6) is 0 Å². The van der Waals surface area contributed by atoms with E-state index in [1.54, 1.807) is 29.5 Å². The van der Waals surface area contributed by atoms with Crippen LogP contribution in [0.4, 0.5) is 5.69 Å². The topological polar surface area (TPSA) is 79.0 Å². The highest BCUT2D eigenvalue weighted by molar-refractivity contribution is 7.12. The van der Waals surface area contributed by atoms with Gasteiger partial charge in [0.15, 0.2) is 0 Å². The third kappa shape index (κ3) is 2.12. The molecule has 0 saturated carbocycles. The first kappa shape index (κ1) is 12.6. The van der Waals surface area contributed by atoms with Crippen LogP contribution in [0.2, 0.25) is 0 Å². The molecule has 4 N–H and O–H groups in total. The summed E-state index contributed by atoms with van der Waals surface area (Å²) in [6.07, 6.45) is 1.88. The molecule has 0 saturated heterocycles. The number of thiophene rings is 1. The lowest BCUT2D eigenvalue weighted by molar-refractivity contribution is -0.110. The van der Waals surface area contributed by atoms with Crippen molar-refractivity contribution in [3.63, 3.8) is 0 Å². The number of amides is 1. The molecule has 0 radical (unpaired) electrons. The smallest absolute Gasteiger partial charge is 0.256 e. The van der Waals surface area contributed by atoms with Gasteiger partial charge in [0.2, 0.25) is 0 Å². The van der Waals surface area contributed by atoms with Gasteiger partial charge in [0, 0.05) is 26.6 Å². The van der Waals surface area contributed by atoms with Crippen LogP contribution in [0.3, 0.4) is 0 Å². The summed E-state index contributed by atoms with van der Waals surface area (Å²) in [6.45, 7) is 2.03. The molecule has 0 bridgehead atoms. The fraction of sp³-hybridized carbons (Fsp3) is 0.0667. The van der Waals surface area contributed by atoms with Crippen LogP contribution in [0.25, 0.3) is 11.6 Å². The fourth-order valence-electron chi connectivity index (χ4n) is 2.17. The van der Waals surface area contributed by atoms with E-state index in [9.17, 15) is 4.79 Å². The van der Waals surface area contributed by atoms with E-state index in [0.29, 0.717) is 11.1 Å². The average molecular weight is 283 g/mol. The summed E-state index contributed by atoms with van der Waals surface area (Å²) in [5.74, 6) is -0.120. The molecule has 0 unspecified atom stereocenters. The molecule has 20 heavy (non-hydrogen) atoms. The molecule has 100 valence electrons. The second kappa shape index (κ2) is 4.61. The number of nitrogens with one attached hydrogen (secondary N) is 2. The third-order valence-electron chi connectivity index (χ3n) is 3.16. The average Bonchev–Trinajstić information content (AvgIpc) is 2.94. The van der Waals surface area contributed by atoms with Gasteiger partial charge in [-0.3, -0.25) is 10.2 Å². The molecule has 1 amide bonds. The Morgan fingerprint density at radius 2 is 2.15 bits per heavy atom. The minimum atomic E-state index is -0.119. The third-order valence-corrected chi connectivity index (χ3v) is 4.11. The minimum Gasteiger partial charge on any atom is -0.384 e. The number of carbonyl (C=O) groups is 1. The molecule has 4 nitrogen and oxygen atoms in total. The summed E-state index contributed by atoms with van der Waals surface area (Å²) < 4.78 is 0. The zero-order valence-corrected chi connectivity index (χ0v) is 11.7. The number of nitrogen functional groups attached to an aromatic ring is 1. The van der Waals surface area contributed by atoms with E-state index >= 15 is 0 Å². The fourth-order valence-corrected chi connectivity index (χ4v) is 2.99. The summed E-state index contributed by atoms with van der Waals surface area (Å²) in [7, 11) is 0. The first-order chi connectivity index (χ1) is 9.54. The Hall–Kier alpha value is -2.40. The van der Waals surface area contributed by atoms with Crippen molar-refractivity contribution >= 4 is 40.4 Å². The van der Waals surface area contributed by atoms with Gasteiger partial charge in [0.1, 0.15) is 5.84 Å². The van der Waals surface area contributed by atoms with Crippen LogP contribution in [-0.2, 0) is 4.79 Å². The number of nitrogens with two attached hydrogens (primary N) is 1. The zero-order valence-electron chi connectivity index (χ0n) is 10.9. The number of hydrogen-bond donors (Lipinski definition) is 3. The van der Waals surface area contributed by atoms with E-state index in [4.69, 9.17) is 11.1 Å². The molecule has 0 spiro atoms. The van der Waals surface area contributed by atoms with Gasteiger partial charge < -0.3 is 11.1 Å². The van der Waals surface area contributed by atoms with E-state index in [1.807, 2.05) is 25.1 Å². The maximum atomic E-state index is 12.1. The molecule has 3 rings (SSSR count). The molecule has 1 aromatic carbocycles. The first-order valence-electron chi connectivity index (χ1n) is 6.13. The molecular weight excluding hydrogens is 270 g/mol. The molecule has 0 atom stereocenters. The van der Waals surface area contributed by atoms with Crippen LogP contribution in [0, 0.1) is 12.3 Å². The van der Waals surface area contributed by atoms with Crippen molar-refractivity contribution in [1.29, 1.82) is 5.41 Å². The number of carbonyl (C=O) groups excluding carboxylic acids is 1. The van der Waals surface area contributed by atoms with E-state index in [2.05, 4.69) is 5.32 Å². The van der Waals surface area contributed by atoms with Gasteiger partial charge in [0.05, 0.1) is 5.57 Å². The van der Waals surface area contributed by atoms with Crippen molar-refractivity contribution in [3.8, 4) is 0 Å². The van der Waals surface area contributed by atoms with Crippen molar-refractivity contribution in [2.75, 3.05) is 5.32 Å². The van der Waals surface area contributed by atoms with Gasteiger partial charge >= 0.3 is 0 Å². The van der Waals surface area contributed by atoms with E-state index in [0.717, 1.165) is 16.1 Å². The molecular formula is C15H13N3OS. The molecule has 1 aromatic heterocycles. The van der Waals surface area contributed by atoms with Gasteiger partial charge in [-0.15, -0.1) is 11.3 Å². The maximum absolute atomic E-state index is 12.1. The lowest BCUT2D eigenvalue weighted by Gasteiger charge is -2.02. The van der Waals surface area contributed by atoms with Crippen LogP contribution < -0.4 is 11.1 Å². The Balaban J connectivity index is 2.10. The molecule has 0 fully saturated rings. The standard InChI is InChI=1S/C15H13N3OS/c1-8-2-4-10(20-8)7-12-11-6-9(14(16)17)3-5-13(11)18-15(12)19/h2-7H,1H3,(H3,16,17)(H,18,19). The second-order valence-corrected chi connectivity index (χ2v) is 5.95. The molecule has 0 aliphatic carbocycles. The first-order valence-corrected chi connectivity index (χ1v) is 6.94. The van der Waals surface area contributed by atoms with Crippen molar-refractivity contribution in [2.45, 2.75) is 6.92 Å². The highest BCUT2D eigenvalue weighted by atomic mass is 32.1. The van der Waals surface area contributed by atoms with Crippen molar-refractivity contribution in [2.24, 2.45) is 5.73 Å². The van der Waals surface area contributed by atoms with E-state index < -0.39 is 0 Å². The lowest BCUT2D eigenvalue weighted by Crippen LogP contribution is -2.10. The number of aryl methyl sites for hydroxylation is 1. The summed E-state index contributed by atoms with van der Waals surface area (Å²) in [6, 6.07) is 9.32. The summed E-state index contributed by atoms with van der Waals surface area (Å²) in [5.41, 5.74) is 8.30. The highest BCUT2D eigenvalue weighted by Crippen LogP contribution is 2.34. The predicted octanol–water partition coefficient (Wildman–Crippen LogP) is 2.83. The summed E-state index contributed by atoms with van der Waals surface area (Å²) in [5, 5.41) is 10.3. The maximum Gasteiger partial charge on any atom is 0.256 e. The number of hydrogen-bond acceptors (Lipinski definition) is 3. The Morgan fingerprint density at radius 3 is 2.80 bits per heavy atom. The molecule has 2 heterocycles. The van der Waals surface area contributed by atoms with Crippen LogP contribution in [0.15, 0.2) is 30.3 Å². The Morgan fingerprint density at radius 1 is 1.35 bits per heavy atom. The lowest BCUT2D eigenvalue weighted by atomic mass is 10.0. The van der Waals surface area contributed by atoms with Crippen molar-refractivity contribution in [1.82, 2.24) is 0 Å². The number of fused-ring (bicyclic) bond motifs is 1. The molecule has 1 aliphatic rings. The van der Waals surface area contributed by atoms with Crippen molar-refractivity contribution < 1.29 is 4.79 Å². The Labute approximate surface area is 120 Å². The molecule has 1 aliphatic heterocycles. The summed E-state index contributed by atoms with van der Waals surface area (Å²) >= 11 is 1.64. The minimum absolute atomic E-state index is 0.00142. The second-order valence-electron chi connectivity index (χ2n) is 4.63. The quantitative estimate of drug-likeness (QED) is 0.450. The van der Waals surface area contributed by atoms with Gasteiger partial charge in [-0.1, -0.05) is 0 Å². The van der Waals surface area contributed by atoms with Gasteiger partial charge in [-0.05, 0) is 43.3 Å². The Bertz CT molecular complexity index is 758. The molecule has 5 heteroatoms. The van der Waals surface area contributed by atoms with E-state index in [1.165, 1.54) is 4.88 Å². The monoisotopic (exact) mass is 283 g/mol. The zero-order chi connectivity index (χ0) is 14.3. The van der Waals surface area contributed by atoms with Gasteiger partial charge in [-0.2, -0.15) is 0 Å². The predicted molar refractivity (Wildman–Crippen MR) is 83.0 cm³/mol. The SMILES string of the molecule is Cc1ccc(C=C2C(=O)Nc3ccc(C(=N)N)cc32)s1. The highest BCUT2D eigenvalue weighted by Gasteiger charge is 2.24. The number of rotatable bonds is 2. The van der Waals surface area contributed by atoms with Gasteiger partial charge in [0.25, 0.3) is 5.91 Å². The van der Waals surface area contributed by atoms with Crippen LogP contribution in [0.1, 0.15) is 20.9 Å². The van der Waals surface area contributed by atoms with Crippen LogP contribution in [-0.4, -0.2) is 11.7 Å². The van der Waals surface area contributed by atoms with Gasteiger partial charge in [-0.25, -0.2) is 0 Å². The number of benzene rings is 1. The van der Waals surface area contributed by atoms with Crippen LogP contribution >= 0.6 is 11.3 Å². The van der Waals surface area contributed by atoms with Crippen molar-refractivity contribution in [3.05, 3.63) is 51.2 Å². The Kier molecular flexibility index (Phi) is 2.91.